The van der Waals surface area contributed by atoms with Crippen LogP contribution in [0.1, 0.15) is 85.2 Å². The predicted octanol–water partition coefficient (Wildman–Crippen LogP) is 4.22. The van der Waals surface area contributed by atoms with Crippen LogP contribution in [0.2, 0.25) is 0 Å². The van der Waals surface area contributed by atoms with Crippen LogP contribution >= 0.6 is 11.3 Å². The van der Waals surface area contributed by atoms with Gasteiger partial charge in [0.2, 0.25) is 0 Å². The number of esters is 1. The van der Waals surface area contributed by atoms with Crippen LogP contribution in [0, 0.1) is 0 Å². The smallest absolute Gasteiger partial charge is 0.341 e. The molecule has 1 aromatic heterocycles. The summed E-state index contributed by atoms with van der Waals surface area (Å²) in [7, 11) is 1.38. The second-order valence-electron chi connectivity index (χ2n) is 10.4. The Morgan fingerprint density at radius 1 is 1.10 bits per heavy atom. The van der Waals surface area contributed by atoms with Crippen LogP contribution in [0.4, 0.5) is 5.00 Å². The molecule has 0 radical (unpaired) electrons. The lowest BCUT2D eigenvalue weighted by atomic mass is 9.81. The van der Waals surface area contributed by atoms with Crippen molar-refractivity contribution in [2.75, 3.05) is 12.4 Å². The number of ether oxygens (including phenoxy) is 1. The molecule has 162 valence electrons. The zero-order valence-corrected chi connectivity index (χ0v) is 20.0. The van der Waals surface area contributed by atoms with Gasteiger partial charge in [-0.05, 0) is 56.4 Å². The lowest BCUT2D eigenvalue weighted by Crippen LogP contribution is -3.03. The molecule has 2 heterocycles. The number of carbonyl (C=O) groups is 2. The van der Waals surface area contributed by atoms with Gasteiger partial charge >= 0.3 is 5.97 Å². The summed E-state index contributed by atoms with van der Waals surface area (Å²) in [6.07, 6.45) is 0.739. The molecule has 1 aromatic carbocycles. The van der Waals surface area contributed by atoms with E-state index < -0.39 is 5.97 Å². The number of nitrogens with one attached hydrogen (secondary N) is 1. The molecular formula is C24H33N2O3S+. The van der Waals surface area contributed by atoms with Crippen molar-refractivity contribution in [1.29, 1.82) is 0 Å². The summed E-state index contributed by atoms with van der Waals surface area (Å²) in [4.78, 5) is 26.8. The Morgan fingerprint density at radius 3 is 2.23 bits per heavy atom. The summed E-state index contributed by atoms with van der Waals surface area (Å²) in [5.41, 5.74) is 2.99. The quantitative estimate of drug-likeness (QED) is 0.718. The van der Waals surface area contributed by atoms with Gasteiger partial charge in [-0.25, -0.2) is 4.79 Å². The third-order valence-corrected chi connectivity index (χ3v) is 7.09. The minimum atomic E-state index is -0.403. The van der Waals surface area contributed by atoms with Gasteiger partial charge in [-0.3, -0.25) is 4.79 Å². The maximum atomic E-state index is 13.0. The van der Waals surface area contributed by atoms with E-state index >= 15 is 0 Å². The monoisotopic (exact) mass is 429 g/mol. The van der Waals surface area contributed by atoms with Gasteiger partial charge in [0.25, 0.3) is 5.91 Å². The lowest BCUT2D eigenvalue weighted by molar-refractivity contribution is -0.789. The Kier molecular flexibility index (Phi) is 5.63. The Labute approximate surface area is 183 Å². The summed E-state index contributed by atoms with van der Waals surface area (Å²) < 4.78 is 5.08. The molecule has 30 heavy (non-hydrogen) atoms. The summed E-state index contributed by atoms with van der Waals surface area (Å²) in [6, 6.07) is 7.64. The average Bonchev–Trinajstić information content (AvgIpc) is 2.97. The molecule has 0 unspecified atom stereocenters. The highest BCUT2D eigenvalue weighted by Crippen LogP contribution is 2.42. The van der Waals surface area contributed by atoms with Gasteiger partial charge in [-0.2, -0.15) is 0 Å². The van der Waals surface area contributed by atoms with E-state index in [0.29, 0.717) is 16.1 Å². The van der Waals surface area contributed by atoms with Gasteiger partial charge in [0, 0.05) is 12.0 Å². The van der Waals surface area contributed by atoms with E-state index in [2.05, 4.69) is 59.1 Å². The van der Waals surface area contributed by atoms with Gasteiger partial charge in [0.05, 0.1) is 23.1 Å². The topological polar surface area (TPSA) is 72.0 Å². The van der Waals surface area contributed by atoms with E-state index in [4.69, 9.17) is 4.74 Å². The second kappa shape index (κ2) is 7.50. The summed E-state index contributed by atoms with van der Waals surface area (Å²) >= 11 is 1.48. The van der Waals surface area contributed by atoms with Crippen molar-refractivity contribution in [3.8, 4) is 0 Å². The molecule has 0 spiro atoms. The largest absolute Gasteiger partial charge is 0.465 e. The number of benzene rings is 1. The molecule has 1 aliphatic rings. The van der Waals surface area contributed by atoms with Crippen LogP contribution in [0.25, 0.3) is 0 Å². The first-order valence-corrected chi connectivity index (χ1v) is 11.1. The fourth-order valence-corrected chi connectivity index (χ4v) is 5.68. The highest BCUT2D eigenvalue weighted by molar-refractivity contribution is 7.17. The minimum Gasteiger partial charge on any atom is -0.465 e. The molecule has 1 aliphatic heterocycles. The lowest BCUT2D eigenvalue weighted by Gasteiger charge is -2.38. The summed E-state index contributed by atoms with van der Waals surface area (Å²) in [6.45, 7) is 15.1. The molecule has 5 nitrogen and oxygen atoms in total. The highest BCUT2D eigenvalue weighted by atomic mass is 32.1. The fourth-order valence-electron chi connectivity index (χ4n) is 4.41. The Bertz CT molecular complexity index is 979. The van der Waals surface area contributed by atoms with Gasteiger partial charge in [0.1, 0.15) is 10.5 Å². The number of hydrogen-bond acceptors (Lipinski definition) is 4. The average molecular weight is 430 g/mol. The molecule has 0 bridgehead atoms. The number of nitrogens with two attached hydrogens (primary N) is 1. The molecule has 3 N–H and O–H groups in total. The van der Waals surface area contributed by atoms with Crippen molar-refractivity contribution in [2.24, 2.45) is 0 Å². The molecular weight excluding hydrogens is 396 g/mol. The number of thiophene rings is 1. The first-order valence-electron chi connectivity index (χ1n) is 10.3. The molecule has 2 aromatic rings. The number of anilines is 1. The highest BCUT2D eigenvalue weighted by Gasteiger charge is 2.45. The minimum absolute atomic E-state index is 0.0226. The van der Waals surface area contributed by atoms with E-state index in [9.17, 15) is 9.59 Å². The summed E-state index contributed by atoms with van der Waals surface area (Å²) in [5.74, 6) is -0.625. The van der Waals surface area contributed by atoms with E-state index in [0.717, 1.165) is 16.9 Å². The Morgan fingerprint density at radius 2 is 1.70 bits per heavy atom. The number of rotatable bonds is 3. The van der Waals surface area contributed by atoms with Gasteiger partial charge in [-0.15, -0.1) is 11.3 Å². The number of carbonyl (C=O) groups excluding carboxylic acids is 2. The molecule has 0 saturated carbocycles. The maximum Gasteiger partial charge on any atom is 0.341 e. The molecule has 0 fully saturated rings. The first-order chi connectivity index (χ1) is 13.7. The molecule has 1 amide bonds. The second-order valence-corrected chi connectivity index (χ2v) is 11.4. The van der Waals surface area contributed by atoms with Crippen LogP contribution in [-0.4, -0.2) is 24.5 Å². The van der Waals surface area contributed by atoms with Crippen molar-refractivity contribution in [3.05, 3.63) is 51.4 Å². The third kappa shape index (κ3) is 4.30. The number of quaternary nitrogens is 1. The van der Waals surface area contributed by atoms with Crippen LogP contribution < -0.4 is 10.6 Å². The maximum absolute atomic E-state index is 13.0. The van der Waals surface area contributed by atoms with E-state index in [1.54, 1.807) is 0 Å². The van der Waals surface area contributed by atoms with Gasteiger partial charge < -0.3 is 15.4 Å². The van der Waals surface area contributed by atoms with Gasteiger partial charge in [-0.1, -0.05) is 32.9 Å². The van der Waals surface area contributed by atoms with Crippen molar-refractivity contribution >= 4 is 28.2 Å². The van der Waals surface area contributed by atoms with E-state index in [1.807, 2.05) is 24.3 Å². The zero-order valence-electron chi connectivity index (χ0n) is 19.2. The fraction of sp³-hybridized carbons (Fsp3) is 0.500. The van der Waals surface area contributed by atoms with Crippen LogP contribution in [0.5, 0.6) is 0 Å². The van der Waals surface area contributed by atoms with Crippen molar-refractivity contribution < 1.29 is 19.6 Å². The number of hydrogen-bond donors (Lipinski definition) is 2. The van der Waals surface area contributed by atoms with Crippen LogP contribution in [-0.2, 0) is 22.1 Å². The number of amides is 1. The Hall–Kier alpha value is -2.18. The van der Waals surface area contributed by atoms with Crippen molar-refractivity contribution in [2.45, 2.75) is 71.4 Å². The number of fused-ring (bicyclic) bond motifs is 1. The van der Waals surface area contributed by atoms with E-state index in [-0.39, 0.29) is 22.4 Å². The van der Waals surface area contributed by atoms with Crippen molar-refractivity contribution in [1.82, 2.24) is 0 Å². The Balaban J connectivity index is 1.99. The molecule has 3 rings (SSSR count). The molecule has 0 saturated heterocycles. The SMILES string of the molecule is COC(=O)c1c(NC(=O)c2ccc(C(C)(C)C)cc2)sc2c1CC(C)(C)[NH2+]C2(C)C. The molecule has 0 aliphatic carbocycles. The number of methoxy groups -OCH3 is 1. The van der Waals surface area contributed by atoms with Crippen LogP contribution in [0.3, 0.4) is 0 Å². The third-order valence-electron chi connectivity index (χ3n) is 5.61. The van der Waals surface area contributed by atoms with Crippen LogP contribution in [0.15, 0.2) is 24.3 Å². The van der Waals surface area contributed by atoms with Crippen molar-refractivity contribution in [3.63, 3.8) is 0 Å². The summed E-state index contributed by atoms with van der Waals surface area (Å²) in [5, 5.41) is 5.88. The first kappa shape index (κ1) is 22.5. The standard InChI is InChI=1S/C24H32N2O3S/c1-22(2,3)15-11-9-14(10-12-15)19(27)25-20-17(21(28)29-8)16-13-23(4,5)26-24(6,7)18(16)30-20/h9-12,26H,13H2,1-8H3,(H,25,27)/p+1. The predicted molar refractivity (Wildman–Crippen MR) is 121 cm³/mol. The molecule has 0 atom stereocenters. The van der Waals surface area contributed by atoms with E-state index in [1.165, 1.54) is 24.0 Å². The molecule has 6 heteroatoms. The van der Waals surface area contributed by atoms with Gasteiger partial charge in [0.15, 0.2) is 0 Å². The normalized spacial score (nSPS) is 17.2. The zero-order chi connectivity index (χ0) is 22.5.